The maximum Gasteiger partial charge on any atom is 0.257 e. The first kappa shape index (κ1) is 18.5. The molecule has 3 aromatic rings. The van der Waals surface area contributed by atoms with Gasteiger partial charge in [-0.05, 0) is 37.1 Å². The van der Waals surface area contributed by atoms with E-state index in [1.807, 2.05) is 52.3 Å². The van der Waals surface area contributed by atoms with Crippen LogP contribution in [0.5, 0.6) is 0 Å². The molecule has 1 aliphatic heterocycles. The molecule has 2 amide bonds. The summed E-state index contributed by atoms with van der Waals surface area (Å²) in [6.45, 7) is 2.27. The van der Waals surface area contributed by atoms with Gasteiger partial charge in [0.2, 0.25) is 5.91 Å². The van der Waals surface area contributed by atoms with Crippen molar-refractivity contribution in [3.8, 4) is 16.9 Å². The lowest BCUT2D eigenvalue weighted by Gasteiger charge is -2.34. The summed E-state index contributed by atoms with van der Waals surface area (Å²) in [5, 5.41) is 4.71. The summed E-state index contributed by atoms with van der Waals surface area (Å²) in [6.07, 6.45) is 7.23. The Hall–Kier alpha value is -3.48. The Morgan fingerprint density at radius 1 is 0.900 bits per heavy atom. The predicted molar refractivity (Wildman–Crippen MR) is 112 cm³/mol. The molecule has 0 unspecified atom stereocenters. The van der Waals surface area contributed by atoms with Crippen LogP contribution in [0, 0.1) is 5.92 Å². The normalized spacial score (nSPS) is 16.5. The largest absolute Gasteiger partial charge is 0.339 e. The number of hydrogen-bond acceptors (Lipinski definition) is 4. The van der Waals surface area contributed by atoms with E-state index in [0.717, 1.165) is 24.1 Å². The van der Waals surface area contributed by atoms with Gasteiger partial charge in [-0.25, -0.2) is 4.68 Å². The van der Waals surface area contributed by atoms with Crippen molar-refractivity contribution in [2.75, 3.05) is 26.2 Å². The van der Waals surface area contributed by atoms with Crippen LogP contribution in [0.15, 0.2) is 61.1 Å². The van der Waals surface area contributed by atoms with Gasteiger partial charge in [0.15, 0.2) is 0 Å². The van der Waals surface area contributed by atoms with Crippen molar-refractivity contribution in [3.05, 3.63) is 66.6 Å². The lowest BCUT2D eigenvalue weighted by Crippen LogP contribution is -2.51. The number of rotatable bonds is 4. The highest BCUT2D eigenvalue weighted by atomic mass is 16.2. The summed E-state index contributed by atoms with van der Waals surface area (Å²) >= 11 is 0. The number of para-hydroxylation sites is 1. The van der Waals surface area contributed by atoms with E-state index in [2.05, 4.69) is 4.98 Å². The van der Waals surface area contributed by atoms with E-state index >= 15 is 0 Å². The van der Waals surface area contributed by atoms with Gasteiger partial charge in [-0.2, -0.15) is 5.10 Å². The molecule has 3 heterocycles. The number of benzene rings is 1. The molecule has 7 nitrogen and oxygen atoms in total. The molecule has 2 aromatic heterocycles. The van der Waals surface area contributed by atoms with Crippen molar-refractivity contribution in [1.82, 2.24) is 24.6 Å². The Balaban J connectivity index is 1.42. The van der Waals surface area contributed by atoms with E-state index in [0.29, 0.717) is 37.4 Å². The van der Waals surface area contributed by atoms with Gasteiger partial charge in [-0.15, -0.1) is 0 Å². The Labute approximate surface area is 174 Å². The first-order chi connectivity index (χ1) is 14.7. The number of hydrogen-bond donors (Lipinski definition) is 0. The highest BCUT2D eigenvalue weighted by Gasteiger charge is 2.35. The minimum atomic E-state index is -0.0606. The zero-order chi connectivity index (χ0) is 20.5. The molecule has 0 bridgehead atoms. The third-order valence-corrected chi connectivity index (χ3v) is 5.71. The van der Waals surface area contributed by atoms with Crippen LogP contribution in [0.25, 0.3) is 16.9 Å². The Morgan fingerprint density at radius 3 is 2.30 bits per heavy atom. The molecule has 5 rings (SSSR count). The number of carbonyl (C=O) groups is 2. The second-order valence-corrected chi connectivity index (χ2v) is 7.80. The molecule has 7 heteroatoms. The van der Waals surface area contributed by atoms with Gasteiger partial charge in [0, 0.05) is 56.3 Å². The Morgan fingerprint density at radius 2 is 1.63 bits per heavy atom. The van der Waals surface area contributed by atoms with Crippen LogP contribution >= 0.6 is 0 Å². The highest BCUT2D eigenvalue weighted by molar-refractivity contribution is 6.00. The van der Waals surface area contributed by atoms with Gasteiger partial charge in [-0.1, -0.05) is 18.2 Å². The van der Waals surface area contributed by atoms with Gasteiger partial charge >= 0.3 is 0 Å². The maximum absolute atomic E-state index is 13.4. The first-order valence-corrected chi connectivity index (χ1v) is 10.3. The molecule has 1 aliphatic carbocycles. The SMILES string of the molecule is O=C(c1cn(-c2ccccc2)nc1-c1cccnc1)N1CCN(C(=O)C2CC2)CC1. The van der Waals surface area contributed by atoms with Gasteiger partial charge in [-0.3, -0.25) is 14.6 Å². The van der Waals surface area contributed by atoms with Crippen LogP contribution in [-0.4, -0.2) is 62.6 Å². The molecule has 0 N–H and O–H groups in total. The van der Waals surface area contributed by atoms with Crippen LogP contribution in [0.3, 0.4) is 0 Å². The van der Waals surface area contributed by atoms with E-state index in [1.165, 1.54) is 0 Å². The molecule has 1 saturated carbocycles. The molecule has 0 radical (unpaired) electrons. The van der Waals surface area contributed by atoms with Crippen molar-refractivity contribution in [2.24, 2.45) is 5.92 Å². The summed E-state index contributed by atoms with van der Waals surface area (Å²) in [4.78, 5) is 33.6. The van der Waals surface area contributed by atoms with E-state index in [-0.39, 0.29) is 17.7 Å². The number of aromatic nitrogens is 3. The first-order valence-electron chi connectivity index (χ1n) is 10.3. The van der Waals surface area contributed by atoms with E-state index in [9.17, 15) is 9.59 Å². The fourth-order valence-electron chi connectivity index (χ4n) is 3.85. The van der Waals surface area contributed by atoms with E-state index in [4.69, 9.17) is 5.10 Å². The smallest absolute Gasteiger partial charge is 0.257 e. The van der Waals surface area contributed by atoms with Crippen molar-refractivity contribution in [1.29, 1.82) is 0 Å². The van der Waals surface area contributed by atoms with Gasteiger partial charge in [0.05, 0.1) is 11.3 Å². The second-order valence-electron chi connectivity index (χ2n) is 7.80. The van der Waals surface area contributed by atoms with E-state index in [1.54, 1.807) is 23.3 Å². The molecule has 2 aliphatic rings. The lowest BCUT2D eigenvalue weighted by atomic mass is 10.1. The van der Waals surface area contributed by atoms with Crippen molar-refractivity contribution >= 4 is 11.8 Å². The molecule has 152 valence electrons. The van der Waals surface area contributed by atoms with Crippen LogP contribution in [-0.2, 0) is 4.79 Å². The summed E-state index contributed by atoms with van der Waals surface area (Å²) in [5.74, 6) is 0.401. The fourth-order valence-corrected chi connectivity index (χ4v) is 3.85. The third kappa shape index (κ3) is 3.58. The van der Waals surface area contributed by atoms with Gasteiger partial charge < -0.3 is 9.80 Å². The minimum absolute atomic E-state index is 0.0606. The third-order valence-electron chi connectivity index (χ3n) is 5.71. The molecule has 30 heavy (non-hydrogen) atoms. The van der Waals surface area contributed by atoms with Crippen LogP contribution < -0.4 is 0 Å². The van der Waals surface area contributed by atoms with Gasteiger partial charge in [0.1, 0.15) is 5.69 Å². The Kier molecular flexibility index (Phi) is 4.78. The molecular weight excluding hydrogens is 378 g/mol. The highest BCUT2D eigenvalue weighted by Crippen LogP contribution is 2.31. The number of amides is 2. The maximum atomic E-state index is 13.4. The molecule has 1 aromatic carbocycles. The minimum Gasteiger partial charge on any atom is -0.339 e. The standard InChI is InChI=1S/C23H23N5O2/c29-22(17-8-9-17)26-11-13-27(14-12-26)23(30)20-16-28(19-6-2-1-3-7-19)25-21(20)18-5-4-10-24-15-18/h1-7,10,15-17H,8-9,11-14H2. The molecular formula is C23H23N5O2. The van der Waals surface area contributed by atoms with E-state index < -0.39 is 0 Å². The van der Waals surface area contributed by atoms with Crippen LogP contribution in [0.1, 0.15) is 23.2 Å². The zero-order valence-electron chi connectivity index (χ0n) is 16.6. The molecule has 0 spiro atoms. The number of piperazine rings is 1. The fraction of sp³-hybridized carbons (Fsp3) is 0.304. The lowest BCUT2D eigenvalue weighted by molar-refractivity contribution is -0.134. The van der Waals surface area contributed by atoms with Crippen molar-refractivity contribution in [3.63, 3.8) is 0 Å². The summed E-state index contributed by atoms with van der Waals surface area (Å²) < 4.78 is 1.74. The Bertz CT molecular complexity index is 1050. The monoisotopic (exact) mass is 401 g/mol. The summed E-state index contributed by atoms with van der Waals surface area (Å²) in [7, 11) is 0. The van der Waals surface area contributed by atoms with Crippen LogP contribution in [0.4, 0.5) is 0 Å². The van der Waals surface area contributed by atoms with Gasteiger partial charge in [0.25, 0.3) is 5.91 Å². The summed E-state index contributed by atoms with van der Waals surface area (Å²) in [6, 6.07) is 13.5. The van der Waals surface area contributed by atoms with Crippen molar-refractivity contribution < 1.29 is 9.59 Å². The predicted octanol–water partition coefficient (Wildman–Crippen LogP) is 2.63. The summed E-state index contributed by atoms with van der Waals surface area (Å²) in [5.41, 5.74) is 2.86. The number of carbonyl (C=O) groups excluding carboxylic acids is 2. The number of pyridine rings is 1. The number of nitrogens with zero attached hydrogens (tertiary/aromatic N) is 5. The topological polar surface area (TPSA) is 71.3 Å². The quantitative estimate of drug-likeness (QED) is 0.674. The van der Waals surface area contributed by atoms with Crippen LogP contribution in [0.2, 0.25) is 0 Å². The zero-order valence-corrected chi connectivity index (χ0v) is 16.6. The molecule has 1 saturated heterocycles. The average molecular weight is 401 g/mol. The van der Waals surface area contributed by atoms with Crippen molar-refractivity contribution in [2.45, 2.75) is 12.8 Å². The average Bonchev–Trinajstić information content (AvgIpc) is 3.57. The molecule has 2 fully saturated rings. The molecule has 0 atom stereocenters. The second kappa shape index (κ2) is 7.74.